The Morgan fingerprint density at radius 1 is 0.964 bits per heavy atom. The Labute approximate surface area is 329 Å². The highest BCUT2D eigenvalue weighted by Gasteiger charge is 2.46. The average molecular weight is 798 g/mol. The number of nitrogens with one attached hydrogen (secondary N) is 2. The number of imide groups is 2. The van der Waals surface area contributed by atoms with E-state index in [-0.39, 0.29) is 42.0 Å². The number of rotatable bonds is 8. The Morgan fingerprint density at radius 2 is 1.71 bits per heavy atom. The van der Waals surface area contributed by atoms with Crippen molar-refractivity contribution in [1.29, 1.82) is 0 Å². The van der Waals surface area contributed by atoms with Crippen molar-refractivity contribution < 1.29 is 33.5 Å². The van der Waals surface area contributed by atoms with E-state index in [1.54, 1.807) is 21.2 Å². The lowest BCUT2D eigenvalue weighted by Gasteiger charge is -2.35. The van der Waals surface area contributed by atoms with Gasteiger partial charge in [0.1, 0.15) is 28.7 Å². The summed E-state index contributed by atoms with van der Waals surface area (Å²) in [6.45, 7) is 6.95. The van der Waals surface area contributed by atoms with Gasteiger partial charge < -0.3 is 9.64 Å². The van der Waals surface area contributed by atoms with Crippen LogP contribution in [0.2, 0.25) is 5.02 Å². The summed E-state index contributed by atoms with van der Waals surface area (Å²) in [5, 5.41) is 14.3. The number of aliphatic imine (C=N–C) groups is 1. The summed E-state index contributed by atoms with van der Waals surface area (Å²) in [5.74, 6) is -1.90. The number of piperazine rings is 1. The molecular formula is C38H36ClN9O7S. The number of benzene rings is 2. The van der Waals surface area contributed by atoms with Gasteiger partial charge in [0, 0.05) is 53.6 Å². The molecule has 4 aliphatic heterocycles. The molecule has 2 fully saturated rings. The number of halogens is 1. The van der Waals surface area contributed by atoms with Crippen LogP contribution in [0.4, 0.5) is 0 Å². The highest BCUT2D eigenvalue weighted by Crippen LogP contribution is 2.40. The summed E-state index contributed by atoms with van der Waals surface area (Å²) in [5.41, 5.74) is 6.51. The first kappa shape index (κ1) is 37.2. The Bertz CT molecular complexity index is 2360. The highest BCUT2D eigenvalue weighted by atomic mass is 35.5. The molecule has 0 radical (unpaired) electrons. The second kappa shape index (κ2) is 14.7. The molecule has 1 unspecified atom stereocenters. The molecule has 4 aromatic rings. The van der Waals surface area contributed by atoms with Crippen molar-refractivity contribution in [3.63, 3.8) is 0 Å². The van der Waals surface area contributed by atoms with Gasteiger partial charge in [0.25, 0.3) is 17.7 Å². The number of hydrogen-bond donors (Lipinski definition) is 2. The van der Waals surface area contributed by atoms with Crippen LogP contribution < -0.4 is 15.5 Å². The Morgan fingerprint density at radius 3 is 2.45 bits per heavy atom. The lowest BCUT2D eigenvalue weighted by Crippen LogP contribution is -2.55. The summed E-state index contributed by atoms with van der Waals surface area (Å²) in [6, 6.07) is 10.2. The quantitative estimate of drug-likeness (QED) is 0.251. The maximum atomic E-state index is 13.9. The van der Waals surface area contributed by atoms with Gasteiger partial charge in [-0.2, -0.15) is 0 Å². The van der Waals surface area contributed by atoms with Crippen molar-refractivity contribution >= 4 is 64.1 Å². The van der Waals surface area contributed by atoms with Crippen LogP contribution in [0.1, 0.15) is 79.2 Å². The zero-order valence-corrected chi connectivity index (χ0v) is 32.2. The van der Waals surface area contributed by atoms with Gasteiger partial charge in [-0.25, -0.2) is 5.01 Å². The molecule has 0 spiro atoms. The van der Waals surface area contributed by atoms with Gasteiger partial charge >= 0.3 is 0 Å². The number of hydrazine groups is 1. The number of hydrogen-bond acceptors (Lipinski definition) is 12. The summed E-state index contributed by atoms with van der Waals surface area (Å²) >= 11 is 7.87. The minimum atomic E-state index is -1.12. The first-order chi connectivity index (χ1) is 26.9. The van der Waals surface area contributed by atoms with E-state index in [4.69, 9.17) is 21.3 Å². The van der Waals surface area contributed by atoms with Gasteiger partial charge in [-0.1, -0.05) is 29.8 Å². The molecule has 2 atom stereocenters. The Hall–Kier alpha value is -5.78. The van der Waals surface area contributed by atoms with E-state index >= 15 is 0 Å². The molecule has 56 heavy (non-hydrogen) atoms. The van der Waals surface area contributed by atoms with Gasteiger partial charge in [-0.3, -0.25) is 54.0 Å². The van der Waals surface area contributed by atoms with Gasteiger partial charge in [0.15, 0.2) is 12.4 Å². The molecule has 4 aliphatic rings. The van der Waals surface area contributed by atoms with E-state index in [1.807, 2.05) is 35.8 Å². The third-order valence-electron chi connectivity index (χ3n) is 10.4. The number of ether oxygens (including phenoxy) is 1. The van der Waals surface area contributed by atoms with Crippen LogP contribution in [-0.2, 0) is 19.2 Å². The van der Waals surface area contributed by atoms with Crippen molar-refractivity contribution in [3.05, 3.63) is 91.8 Å². The fourth-order valence-corrected chi connectivity index (χ4v) is 8.79. The molecule has 0 aliphatic carbocycles. The van der Waals surface area contributed by atoms with Crippen LogP contribution in [0, 0.1) is 20.8 Å². The van der Waals surface area contributed by atoms with Crippen molar-refractivity contribution in [2.75, 3.05) is 32.8 Å². The number of amides is 6. The number of aryl methyl sites for hydroxylation is 2. The topological polar surface area (TPSA) is 188 Å². The van der Waals surface area contributed by atoms with E-state index in [1.165, 1.54) is 18.2 Å². The summed E-state index contributed by atoms with van der Waals surface area (Å²) in [7, 11) is 0. The second-order valence-corrected chi connectivity index (χ2v) is 15.6. The van der Waals surface area contributed by atoms with Gasteiger partial charge in [-0.15, -0.1) is 21.5 Å². The Kier molecular flexibility index (Phi) is 9.76. The SMILES string of the molecule is Cc1sc2c(c1C)C(c1ccc(Cl)cc1)=N[C@@H](CC(=O)N1CCN(NC(=O)COc3cccc4c3C(=O)N(C3CCC(=O)NC3=O)C4=O)CC1)c1nnc(C)n1-2. The fraction of sp³-hybridized carbons (Fsp3) is 0.342. The lowest BCUT2D eigenvalue weighted by molar-refractivity contribution is -0.137. The first-order valence-corrected chi connectivity index (χ1v) is 19.2. The molecule has 6 heterocycles. The molecule has 2 aromatic heterocycles. The number of carbonyl (C=O) groups excluding carboxylic acids is 6. The number of thiophene rings is 1. The molecular weight excluding hydrogens is 762 g/mol. The lowest BCUT2D eigenvalue weighted by atomic mass is 9.99. The molecule has 2 saturated heterocycles. The molecule has 6 amide bonds. The largest absolute Gasteiger partial charge is 0.483 e. The average Bonchev–Trinajstić information content (AvgIpc) is 3.75. The molecule has 288 valence electrons. The van der Waals surface area contributed by atoms with E-state index in [0.29, 0.717) is 42.9 Å². The van der Waals surface area contributed by atoms with Crippen LogP contribution >= 0.6 is 22.9 Å². The minimum absolute atomic E-state index is 0.00348. The van der Waals surface area contributed by atoms with Crippen LogP contribution in [0.3, 0.4) is 0 Å². The third kappa shape index (κ3) is 6.64. The third-order valence-corrected chi connectivity index (χ3v) is 11.9. The zero-order valence-electron chi connectivity index (χ0n) is 30.6. The number of fused-ring (bicyclic) bond motifs is 4. The second-order valence-electron chi connectivity index (χ2n) is 13.9. The summed E-state index contributed by atoms with van der Waals surface area (Å²) in [6.07, 6.45) is 0.0775. The molecule has 2 N–H and O–H groups in total. The first-order valence-electron chi connectivity index (χ1n) is 18.1. The predicted molar refractivity (Wildman–Crippen MR) is 203 cm³/mol. The number of piperidine rings is 1. The van der Waals surface area contributed by atoms with E-state index in [0.717, 1.165) is 37.2 Å². The van der Waals surface area contributed by atoms with E-state index < -0.39 is 48.2 Å². The predicted octanol–water partition coefficient (Wildman–Crippen LogP) is 2.85. The maximum Gasteiger partial charge on any atom is 0.272 e. The van der Waals surface area contributed by atoms with Crippen LogP contribution in [-0.4, -0.2) is 110 Å². The van der Waals surface area contributed by atoms with Crippen LogP contribution in [0.15, 0.2) is 47.5 Å². The normalized spacial score (nSPS) is 19.5. The highest BCUT2D eigenvalue weighted by molar-refractivity contribution is 7.15. The van der Waals surface area contributed by atoms with Gasteiger partial charge in [0.2, 0.25) is 17.7 Å². The number of aromatic nitrogens is 3. The minimum Gasteiger partial charge on any atom is -0.483 e. The molecule has 0 saturated carbocycles. The van der Waals surface area contributed by atoms with Crippen LogP contribution in [0.5, 0.6) is 5.75 Å². The fourth-order valence-electron chi connectivity index (χ4n) is 7.45. The van der Waals surface area contributed by atoms with Crippen molar-refractivity contribution in [3.8, 4) is 10.8 Å². The van der Waals surface area contributed by atoms with E-state index in [9.17, 15) is 28.8 Å². The standard InChI is InChI=1S/C38H36ClN9O7S/c1-19-20(2)56-38-31(19)33(22-7-9-23(39)10-8-22)40-25(34-43-42-21(3)47(34)38)17-30(51)45-13-15-46(16-14-45)44-29(50)18-55-27-6-4-5-24-32(27)37(54)48(36(24)53)26-11-12-28(49)41-35(26)52/h4-10,25-26H,11-18H2,1-3H3,(H,44,50)(H,41,49,52)/t25-,26?/m0/s1. The van der Waals surface area contributed by atoms with Crippen LogP contribution in [0.25, 0.3) is 5.00 Å². The van der Waals surface area contributed by atoms with E-state index in [2.05, 4.69) is 34.8 Å². The maximum absolute atomic E-state index is 13.9. The summed E-state index contributed by atoms with van der Waals surface area (Å²) in [4.78, 5) is 86.4. The van der Waals surface area contributed by atoms with Gasteiger partial charge in [-0.05, 0) is 57.0 Å². The molecule has 8 rings (SSSR count). The Balaban J connectivity index is 0.904. The van der Waals surface area contributed by atoms with Crippen molar-refractivity contribution in [2.45, 2.75) is 52.1 Å². The number of nitrogens with zero attached hydrogens (tertiary/aromatic N) is 7. The molecule has 2 aromatic carbocycles. The zero-order chi connectivity index (χ0) is 39.4. The molecule has 16 nitrogen and oxygen atoms in total. The monoisotopic (exact) mass is 797 g/mol. The molecule has 0 bridgehead atoms. The van der Waals surface area contributed by atoms with Gasteiger partial charge in [0.05, 0.1) is 23.3 Å². The molecule has 18 heteroatoms. The number of carbonyl (C=O) groups is 6. The van der Waals surface area contributed by atoms with Crippen molar-refractivity contribution in [2.24, 2.45) is 4.99 Å². The summed E-state index contributed by atoms with van der Waals surface area (Å²) < 4.78 is 7.73. The smallest absolute Gasteiger partial charge is 0.272 e. The van der Waals surface area contributed by atoms with Crippen molar-refractivity contribution in [1.82, 2.24) is 40.3 Å².